The molecule has 92 valence electrons. The summed E-state index contributed by atoms with van der Waals surface area (Å²) in [5.74, 6) is 0.752. The van der Waals surface area contributed by atoms with E-state index < -0.39 is 0 Å². The Hall–Kier alpha value is 0.200. The molecule has 0 radical (unpaired) electrons. The first-order valence-electron chi connectivity index (χ1n) is 5.70. The maximum atomic E-state index is 3.59. The molecule has 1 nitrogen and oxygen atoms in total. The van der Waals surface area contributed by atoms with Gasteiger partial charge < -0.3 is 5.32 Å². The van der Waals surface area contributed by atoms with E-state index in [-0.39, 0.29) is 0 Å². The molecule has 2 rings (SSSR count). The third-order valence-electron chi connectivity index (χ3n) is 2.95. The fourth-order valence-corrected chi connectivity index (χ4v) is 4.54. The van der Waals surface area contributed by atoms with Crippen LogP contribution >= 0.6 is 47.8 Å². The second kappa shape index (κ2) is 6.39. The van der Waals surface area contributed by atoms with Gasteiger partial charge in [-0.15, -0.1) is 0 Å². The van der Waals surface area contributed by atoms with E-state index in [4.69, 9.17) is 0 Å². The number of hydrogen-bond acceptors (Lipinski definition) is 1. The fourth-order valence-electron chi connectivity index (χ4n) is 2.00. The molecule has 0 amide bonds. The van der Waals surface area contributed by atoms with Crippen LogP contribution in [0.3, 0.4) is 0 Å². The monoisotopic (exact) mass is 421 g/mol. The van der Waals surface area contributed by atoms with Gasteiger partial charge in [-0.2, -0.15) is 0 Å². The van der Waals surface area contributed by atoms with Gasteiger partial charge in [0.05, 0.1) is 5.69 Å². The summed E-state index contributed by atoms with van der Waals surface area (Å²) in [4.78, 5) is 0. The van der Waals surface area contributed by atoms with Gasteiger partial charge in [0.25, 0.3) is 0 Å². The highest BCUT2D eigenvalue weighted by Crippen LogP contribution is 2.34. The normalized spacial score (nSPS) is 19.4. The van der Waals surface area contributed by atoms with Crippen molar-refractivity contribution in [2.45, 2.75) is 19.3 Å². The van der Waals surface area contributed by atoms with Crippen LogP contribution in [0.5, 0.6) is 0 Å². The van der Waals surface area contributed by atoms with Gasteiger partial charge in [-0.25, -0.2) is 0 Å². The maximum Gasteiger partial charge on any atom is 0.0629 e. The average molecular weight is 424 g/mol. The van der Waals surface area contributed by atoms with Crippen molar-refractivity contribution < 1.29 is 0 Å². The van der Waals surface area contributed by atoms with E-state index in [2.05, 4.69) is 77.4 Å². The van der Waals surface area contributed by atoms with Gasteiger partial charge in [0.1, 0.15) is 0 Å². The summed E-state index contributed by atoms with van der Waals surface area (Å²) in [6.07, 6.45) is 8.27. The lowest BCUT2D eigenvalue weighted by Gasteiger charge is -2.20. The van der Waals surface area contributed by atoms with Crippen LogP contribution in [0.2, 0.25) is 0 Å². The van der Waals surface area contributed by atoms with Crippen LogP contribution in [0.1, 0.15) is 19.3 Å². The van der Waals surface area contributed by atoms with E-state index in [9.17, 15) is 0 Å². The van der Waals surface area contributed by atoms with Crippen LogP contribution in [0.15, 0.2) is 37.7 Å². The van der Waals surface area contributed by atoms with E-state index in [1.54, 1.807) is 0 Å². The third-order valence-corrected chi connectivity index (χ3v) is 4.66. The summed E-state index contributed by atoms with van der Waals surface area (Å²) in [6, 6.07) is 4.13. The van der Waals surface area contributed by atoms with Crippen molar-refractivity contribution in [2.24, 2.45) is 5.92 Å². The quantitative estimate of drug-likeness (QED) is 0.611. The Bertz CT molecular complexity index is 406. The molecule has 1 aliphatic carbocycles. The molecular weight excluding hydrogens is 410 g/mol. The topological polar surface area (TPSA) is 12.0 Å². The first-order chi connectivity index (χ1) is 8.16. The Morgan fingerprint density at radius 3 is 2.41 bits per heavy atom. The van der Waals surface area contributed by atoms with Crippen molar-refractivity contribution in [3.05, 3.63) is 37.7 Å². The SMILES string of the molecule is Brc1cc(Br)c(NCC2CC=CCC2)c(Br)c1. The minimum absolute atomic E-state index is 0.752. The number of rotatable bonds is 3. The summed E-state index contributed by atoms with van der Waals surface area (Å²) < 4.78 is 3.25. The average Bonchev–Trinajstić information content (AvgIpc) is 2.29. The molecule has 1 aromatic rings. The second-order valence-corrected chi connectivity index (χ2v) is 6.90. The van der Waals surface area contributed by atoms with Crippen molar-refractivity contribution in [1.82, 2.24) is 0 Å². The molecule has 0 aromatic heterocycles. The first kappa shape index (κ1) is 13.6. The Morgan fingerprint density at radius 2 is 1.82 bits per heavy atom. The summed E-state index contributed by atoms with van der Waals surface area (Å²) in [7, 11) is 0. The lowest BCUT2D eigenvalue weighted by Crippen LogP contribution is -2.15. The summed E-state index contributed by atoms with van der Waals surface area (Å²) >= 11 is 10.7. The van der Waals surface area contributed by atoms with E-state index >= 15 is 0 Å². The Kier molecular flexibility index (Phi) is 5.12. The molecule has 0 saturated carbocycles. The largest absolute Gasteiger partial charge is 0.383 e. The number of anilines is 1. The van der Waals surface area contributed by atoms with Crippen molar-refractivity contribution in [2.75, 3.05) is 11.9 Å². The summed E-state index contributed by atoms with van der Waals surface area (Å²) in [5, 5.41) is 3.53. The molecule has 17 heavy (non-hydrogen) atoms. The summed E-state index contributed by atoms with van der Waals surface area (Å²) in [5.41, 5.74) is 1.14. The van der Waals surface area contributed by atoms with Crippen LogP contribution in [-0.2, 0) is 0 Å². The lowest BCUT2D eigenvalue weighted by atomic mass is 9.94. The number of halogens is 3. The third kappa shape index (κ3) is 3.83. The molecule has 1 aromatic carbocycles. The van der Waals surface area contributed by atoms with Crippen LogP contribution in [0, 0.1) is 5.92 Å². The number of allylic oxidation sites excluding steroid dienone is 2. The Morgan fingerprint density at radius 1 is 1.12 bits per heavy atom. The van der Waals surface area contributed by atoms with Gasteiger partial charge in [0, 0.05) is 20.0 Å². The lowest BCUT2D eigenvalue weighted by molar-refractivity contribution is 0.504. The molecule has 1 aliphatic rings. The second-order valence-electron chi connectivity index (χ2n) is 4.28. The molecule has 4 heteroatoms. The summed E-state index contributed by atoms with van der Waals surface area (Å²) in [6.45, 7) is 1.03. The van der Waals surface area contributed by atoms with E-state index in [1.165, 1.54) is 19.3 Å². The Balaban J connectivity index is 2.01. The molecule has 0 aliphatic heterocycles. The predicted octanol–water partition coefficient (Wildman–Crippen LogP) is 5.74. The smallest absolute Gasteiger partial charge is 0.0629 e. The molecule has 0 fully saturated rings. The van der Waals surface area contributed by atoms with Gasteiger partial charge in [-0.05, 0) is 69.2 Å². The molecule has 1 unspecified atom stereocenters. The molecular formula is C13H14Br3N. The zero-order valence-corrected chi connectivity index (χ0v) is 14.1. The van der Waals surface area contributed by atoms with Gasteiger partial charge in [-0.1, -0.05) is 28.1 Å². The predicted molar refractivity (Wildman–Crippen MR) is 84.5 cm³/mol. The van der Waals surface area contributed by atoms with Gasteiger partial charge in [0.15, 0.2) is 0 Å². The molecule has 0 spiro atoms. The standard InChI is InChI=1S/C13H14Br3N/c14-10-6-11(15)13(12(16)7-10)17-8-9-4-2-1-3-5-9/h1-2,6-7,9,17H,3-5,8H2. The van der Waals surface area contributed by atoms with E-state index in [0.717, 1.165) is 31.6 Å². The van der Waals surface area contributed by atoms with Crippen molar-refractivity contribution in [3.63, 3.8) is 0 Å². The molecule has 0 bridgehead atoms. The highest BCUT2D eigenvalue weighted by molar-refractivity contribution is 9.11. The number of nitrogens with one attached hydrogen (secondary N) is 1. The minimum Gasteiger partial charge on any atom is -0.383 e. The molecule has 1 atom stereocenters. The van der Waals surface area contributed by atoms with Gasteiger partial charge in [-0.3, -0.25) is 0 Å². The van der Waals surface area contributed by atoms with E-state index in [1.807, 2.05) is 0 Å². The van der Waals surface area contributed by atoms with Crippen LogP contribution in [0.25, 0.3) is 0 Å². The van der Waals surface area contributed by atoms with Crippen molar-refractivity contribution in [1.29, 1.82) is 0 Å². The van der Waals surface area contributed by atoms with E-state index in [0.29, 0.717) is 0 Å². The molecule has 0 saturated heterocycles. The highest BCUT2D eigenvalue weighted by Gasteiger charge is 2.12. The number of hydrogen-bond donors (Lipinski definition) is 1. The van der Waals surface area contributed by atoms with Crippen LogP contribution in [-0.4, -0.2) is 6.54 Å². The van der Waals surface area contributed by atoms with Crippen molar-refractivity contribution >= 4 is 53.5 Å². The van der Waals surface area contributed by atoms with Crippen LogP contribution < -0.4 is 5.32 Å². The highest BCUT2D eigenvalue weighted by atomic mass is 79.9. The molecule has 0 heterocycles. The Labute approximate surface area is 127 Å². The van der Waals surface area contributed by atoms with Crippen molar-refractivity contribution in [3.8, 4) is 0 Å². The fraction of sp³-hybridized carbons (Fsp3) is 0.385. The maximum absolute atomic E-state index is 3.59. The minimum atomic E-state index is 0.752. The zero-order valence-electron chi connectivity index (χ0n) is 9.35. The first-order valence-corrected chi connectivity index (χ1v) is 8.08. The van der Waals surface area contributed by atoms with Gasteiger partial charge >= 0.3 is 0 Å². The van der Waals surface area contributed by atoms with Crippen LogP contribution in [0.4, 0.5) is 5.69 Å². The number of benzene rings is 1. The zero-order chi connectivity index (χ0) is 12.3. The molecule has 1 N–H and O–H groups in total. The van der Waals surface area contributed by atoms with Gasteiger partial charge in [0.2, 0.25) is 0 Å².